The van der Waals surface area contributed by atoms with Gasteiger partial charge < -0.3 is 14.8 Å². The molecule has 1 atom stereocenters. The van der Waals surface area contributed by atoms with Crippen LogP contribution in [-0.2, 0) is 16.1 Å². The number of carbonyl (C=O) groups excluding carboxylic acids is 2. The molecule has 0 bridgehead atoms. The zero-order valence-electron chi connectivity index (χ0n) is 12.8. The fourth-order valence-electron chi connectivity index (χ4n) is 2.04. The van der Waals surface area contributed by atoms with Gasteiger partial charge in [-0.3, -0.25) is 4.90 Å². The molecule has 1 aromatic carbocycles. The molecule has 6 heteroatoms. The number of unbranched alkanes of at least 4 members (excludes halogenated alkanes) is 1. The Labute approximate surface area is 130 Å². The van der Waals surface area contributed by atoms with Gasteiger partial charge in [0.05, 0.1) is 6.61 Å². The standard InChI is InChI=1S/C16H22N2O4/c1-2-3-11-21-16(20)18-10-9-14(18)17-15(19)22-12-13-7-5-4-6-8-13/h4-8,14H,2-3,9-12H2,1H3,(H,17,19)/t14-/m0/s1. The zero-order chi connectivity index (χ0) is 15.8. The van der Waals surface area contributed by atoms with E-state index in [1.54, 1.807) is 0 Å². The third kappa shape index (κ3) is 4.65. The molecule has 1 aliphatic rings. The van der Waals surface area contributed by atoms with E-state index in [1.807, 2.05) is 37.3 Å². The fraction of sp³-hybridized carbons (Fsp3) is 0.500. The van der Waals surface area contributed by atoms with Gasteiger partial charge in [-0.25, -0.2) is 9.59 Å². The number of nitrogens with zero attached hydrogens (tertiary/aromatic N) is 1. The Bertz CT molecular complexity index is 492. The molecule has 6 nitrogen and oxygen atoms in total. The first-order valence-electron chi connectivity index (χ1n) is 7.61. The highest BCUT2D eigenvalue weighted by atomic mass is 16.6. The lowest BCUT2D eigenvalue weighted by Crippen LogP contribution is -2.59. The van der Waals surface area contributed by atoms with Crippen LogP contribution in [-0.4, -0.2) is 36.4 Å². The summed E-state index contributed by atoms with van der Waals surface area (Å²) in [7, 11) is 0. The Morgan fingerprint density at radius 2 is 2.05 bits per heavy atom. The second-order valence-electron chi connectivity index (χ2n) is 5.17. The van der Waals surface area contributed by atoms with E-state index in [0.29, 0.717) is 19.6 Å². The average molecular weight is 306 g/mol. The lowest BCUT2D eigenvalue weighted by atomic mass is 10.1. The molecule has 0 aromatic heterocycles. The van der Waals surface area contributed by atoms with Crippen molar-refractivity contribution in [2.24, 2.45) is 0 Å². The predicted molar refractivity (Wildman–Crippen MR) is 81.1 cm³/mol. The van der Waals surface area contributed by atoms with Gasteiger partial charge in [0.15, 0.2) is 0 Å². The smallest absolute Gasteiger partial charge is 0.411 e. The van der Waals surface area contributed by atoms with Crippen LogP contribution < -0.4 is 5.32 Å². The van der Waals surface area contributed by atoms with Gasteiger partial charge in [0.2, 0.25) is 0 Å². The molecule has 22 heavy (non-hydrogen) atoms. The van der Waals surface area contributed by atoms with E-state index in [0.717, 1.165) is 18.4 Å². The first-order chi connectivity index (χ1) is 10.7. The van der Waals surface area contributed by atoms with Crippen LogP contribution in [0.15, 0.2) is 30.3 Å². The molecule has 0 aliphatic carbocycles. The third-order valence-corrected chi connectivity index (χ3v) is 3.47. The quantitative estimate of drug-likeness (QED) is 0.821. The Morgan fingerprint density at radius 1 is 1.27 bits per heavy atom. The van der Waals surface area contributed by atoms with Crippen molar-refractivity contribution in [1.82, 2.24) is 10.2 Å². The molecule has 1 N–H and O–H groups in total. The molecule has 1 fully saturated rings. The second-order valence-corrected chi connectivity index (χ2v) is 5.17. The highest BCUT2D eigenvalue weighted by molar-refractivity contribution is 5.72. The molecule has 1 heterocycles. The maximum absolute atomic E-state index is 11.8. The topological polar surface area (TPSA) is 67.9 Å². The molecule has 2 rings (SSSR count). The maximum Gasteiger partial charge on any atom is 0.411 e. The molecule has 1 saturated heterocycles. The zero-order valence-corrected chi connectivity index (χ0v) is 12.8. The van der Waals surface area contributed by atoms with Crippen LogP contribution in [0.3, 0.4) is 0 Å². The number of benzene rings is 1. The van der Waals surface area contributed by atoms with E-state index in [2.05, 4.69) is 5.32 Å². The van der Waals surface area contributed by atoms with Crippen LogP contribution in [0.2, 0.25) is 0 Å². The molecule has 2 amide bonds. The molecule has 0 unspecified atom stereocenters. The summed E-state index contributed by atoms with van der Waals surface area (Å²) >= 11 is 0. The number of likely N-dealkylation sites (tertiary alicyclic amines) is 1. The number of alkyl carbamates (subject to hydrolysis) is 1. The molecule has 0 spiro atoms. The van der Waals surface area contributed by atoms with Crippen molar-refractivity contribution in [2.45, 2.75) is 39.0 Å². The van der Waals surface area contributed by atoms with Crippen molar-refractivity contribution in [2.75, 3.05) is 13.2 Å². The molecular weight excluding hydrogens is 284 g/mol. The number of carbonyl (C=O) groups is 2. The van der Waals surface area contributed by atoms with Crippen molar-refractivity contribution >= 4 is 12.2 Å². The number of rotatable bonds is 6. The van der Waals surface area contributed by atoms with E-state index in [4.69, 9.17) is 9.47 Å². The van der Waals surface area contributed by atoms with Crippen molar-refractivity contribution in [3.63, 3.8) is 0 Å². The summed E-state index contributed by atoms with van der Waals surface area (Å²) in [5, 5.41) is 2.67. The molecule has 120 valence electrons. The average Bonchev–Trinajstić information content (AvgIpc) is 2.51. The van der Waals surface area contributed by atoms with Gasteiger partial charge in [-0.15, -0.1) is 0 Å². The number of hydrogen-bond acceptors (Lipinski definition) is 4. The Morgan fingerprint density at radius 3 is 2.68 bits per heavy atom. The van der Waals surface area contributed by atoms with E-state index < -0.39 is 6.09 Å². The molecule has 0 radical (unpaired) electrons. The summed E-state index contributed by atoms with van der Waals surface area (Å²) in [4.78, 5) is 25.0. The molecule has 1 aliphatic heterocycles. The van der Waals surface area contributed by atoms with Crippen molar-refractivity contribution in [3.05, 3.63) is 35.9 Å². The Hall–Kier alpha value is -2.24. The summed E-state index contributed by atoms with van der Waals surface area (Å²) in [6.07, 6.45) is 1.28. The minimum absolute atomic E-state index is 0.209. The van der Waals surface area contributed by atoms with Crippen LogP contribution in [0.5, 0.6) is 0 Å². The molecule has 0 saturated carbocycles. The summed E-state index contributed by atoms with van der Waals surface area (Å²) in [6.45, 7) is 3.25. The lowest BCUT2D eigenvalue weighted by molar-refractivity contribution is 0.0319. The van der Waals surface area contributed by atoms with E-state index in [1.165, 1.54) is 4.90 Å². The van der Waals surface area contributed by atoms with E-state index in [9.17, 15) is 9.59 Å². The van der Waals surface area contributed by atoms with Crippen molar-refractivity contribution < 1.29 is 19.1 Å². The number of ether oxygens (including phenoxy) is 2. The van der Waals surface area contributed by atoms with Crippen LogP contribution in [0.4, 0.5) is 9.59 Å². The van der Waals surface area contributed by atoms with Crippen LogP contribution in [0.25, 0.3) is 0 Å². The van der Waals surface area contributed by atoms with E-state index >= 15 is 0 Å². The predicted octanol–water partition coefficient (Wildman–Crippen LogP) is 2.88. The van der Waals surface area contributed by atoms with Gasteiger partial charge in [-0.1, -0.05) is 43.7 Å². The van der Waals surface area contributed by atoms with Crippen LogP contribution in [0.1, 0.15) is 31.7 Å². The van der Waals surface area contributed by atoms with E-state index in [-0.39, 0.29) is 18.9 Å². The van der Waals surface area contributed by atoms with Gasteiger partial charge in [-0.2, -0.15) is 0 Å². The number of hydrogen-bond donors (Lipinski definition) is 1. The first kappa shape index (κ1) is 16.1. The molecule has 1 aromatic rings. The van der Waals surface area contributed by atoms with Gasteiger partial charge in [0.25, 0.3) is 0 Å². The minimum Gasteiger partial charge on any atom is -0.449 e. The van der Waals surface area contributed by atoms with Crippen LogP contribution in [0, 0.1) is 0 Å². The normalized spacial score (nSPS) is 16.6. The Kier molecular flexibility index (Phi) is 6.06. The van der Waals surface area contributed by atoms with Crippen molar-refractivity contribution in [3.8, 4) is 0 Å². The van der Waals surface area contributed by atoms with Gasteiger partial charge in [0, 0.05) is 13.0 Å². The van der Waals surface area contributed by atoms with Gasteiger partial charge in [0.1, 0.15) is 12.8 Å². The summed E-state index contributed by atoms with van der Waals surface area (Å²) < 4.78 is 10.3. The number of amides is 2. The summed E-state index contributed by atoms with van der Waals surface area (Å²) in [6, 6.07) is 9.44. The summed E-state index contributed by atoms with van der Waals surface area (Å²) in [5.41, 5.74) is 0.919. The largest absolute Gasteiger partial charge is 0.449 e. The van der Waals surface area contributed by atoms with Gasteiger partial charge in [-0.05, 0) is 12.0 Å². The SMILES string of the molecule is CCCCOC(=O)N1CC[C@H]1NC(=O)OCc1ccccc1. The third-order valence-electron chi connectivity index (χ3n) is 3.47. The lowest BCUT2D eigenvalue weighted by Gasteiger charge is -2.39. The second kappa shape index (κ2) is 8.26. The minimum atomic E-state index is -0.528. The van der Waals surface area contributed by atoms with Crippen molar-refractivity contribution in [1.29, 1.82) is 0 Å². The monoisotopic (exact) mass is 306 g/mol. The maximum atomic E-state index is 11.8. The highest BCUT2D eigenvalue weighted by Crippen LogP contribution is 2.16. The number of nitrogens with one attached hydrogen (secondary N) is 1. The Balaban J connectivity index is 1.69. The first-order valence-corrected chi connectivity index (χ1v) is 7.61. The highest BCUT2D eigenvalue weighted by Gasteiger charge is 2.34. The fourth-order valence-corrected chi connectivity index (χ4v) is 2.04. The summed E-state index contributed by atoms with van der Waals surface area (Å²) in [5.74, 6) is 0. The molecular formula is C16H22N2O4. The van der Waals surface area contributed by atoms with Gasteiger partial charge >= 0.3 is 12.2 Å². The van der Waals surface area contributed by atoms with Crippen LogP contribution >= 0.6 is 0 Å².